The smallest absolute Gasteiger partial charge is 0.405 e. The maximum absolute atomic E-state index is 14.4. The first-order valence-electron chi connectivity index (χ1n) is 8.71. The summed E-state index contributed by atoms with van der Waals surface area (Å²) in [5.74, 6) is -3.88. The van der Waals surface area contributed by atoms with Crippen LogP contribution in [0.15, 0.2) is 41.3 Å². The zero-order chi connectivity index (χ0) is 24.9. The molecule has 0 unspecified atom stereocenters. The van der Waals surface area contributed by atoms with E-state index in [-0.39, 0.29) is 11.3 Å². The molecule has 1 aromatic heterocycles. The molecule has 0 saturated heterocycles. The number of ether oxygens (including phenoxy) is 1. The fourth-order valence-corrected chi connectivity index (χ4v) is 3.77. The molecular formula is C19H12F8N2O3S. The lowest BCUT2D eigenvalue weighted by atomic mass is 10.1. The molecule has 178 valence electrons. The van der Waals surface area contributed by atoms with Gasteiger partial charge >= 0.3 is 12.5 Å². The number of halogens is 8. The van der Waals surface area contributed by atoms with E-state index in [4.69, 9.17) is 0 Å². The third kappa shape index (κ3) is 5.26. The van der Waals surface area contributed by atoms with Crippen LogP contribution in [0, 0.1) is 18.6 Å². The summed E-state index contributed by atoms with van der Waals surface area (Å²) in [5, 5.41) is 3.32. The molecule has 5 nitrogen and oxygen atoms in total. The summed E-state index contributed by atoms with van der Waals surface area (Å²) in [6, 6.07) is 4.36. The van der Waals surface area contributed by atoms with Crippen LogP contribution >= 0.6 is 0 Å². The second kappa shape index (κ2) is 8.01. The molecule has 0 aliphatic rings. The maximum Gasteiger partial charge on any atom is 0.573 e. The molecule has 0 bridgehead atoms. The Hall–Kier alpha value is -3.16. The Labute approximate surface area is 181 Å². The van der Waals surface area contributed by atoms with Gasteiger partial charge in [0.25, 0.3) is 0 Å². The van der Waals surface area contributed by atoms with Gasteiger partial charge in [0, 0.05) is 17.9 Å². The fraction of sp³-hybridized carbons (Fsp3) is 0.211. The molecule has 0 saturated carbocycles. The van der Waals surface area contributed by atoms with Gasteiger partial charge in [-0.25, -0.2) is 21.9 Å². The molecular weight excluding hydrogens is 488 g/mol. The first kappa shape index (κ1) is 24.5. The summed E-state index contributed by atoms with van der Waals surface area (Å²) >= 11 is 0. The van der Waals surface area contributed by atoms with Crippen LogP contribution in [0.4, 0.5) is 35.1 Å². The van der Waals surface area contributed by atoms with E-state index in [1.54, 1.807) is 0 Å². The monoisotopic (exact) mass is 500 g/mol. The topological polar surface area (TPSA) is 61.2 Å². The third-order valence-corrected chi connectivity index (χ3v) is 5.44. The van der Waals surface area contributed by atoms with Crippen LogP contribution in [-0.2, 0) is 16.0 Å². The second-order valence-electron chi connectivity index (χ2n) is 6.86. The van der Waals surface area contributed by atoms with Crippen LogP contribution in [0.5, 0.6) is 5.75 Å². The highest BCUT2D eigenvalue weighted by Crippen LogP contribution is 2.36. The minimum atomic E-state index is -5.10. The van der Waals surface area contributed by atoms with E-state index in [1.165, 1.54) is 6.92 Å². The van der Waals surface area contributed by atoms with E-state index in [1.807, 2.05) is 0 Å². The molecule has 3 rings (SSSR count). The van der Waals surface area contributed by atoms with Crippen molar-refractivity contribution in [3.05, 3.63) is 59.3 Å². The van der Waals surface area contributed by atoms with E-state index >= 15 is 0 Å². The summed E-state index contributed by atoms with van der Waals surface area (Å²) in [6.45, 7) is 1.25. The average molecular weight is 500 g/mol. The molecule has 2 aromatic carbocycles. The summed E-state index contributed by atoms with van der Waals surface area (Å²) in [5.41, 5.74) is -2.97. The molecule has 0 spiro atoms. The summed E-state index contributed by atoms with van der Waals surface area (Å²) in [6.07, 6.45) is -9.57. The standard InChI is InChI=1S/C19H12F8N2O3S/c1-9-3-4-11(7-15(9)32-19(25,26)27)29-14(8-16(28-29)18(22,23)24)10-5-12(20)17(13(21)6-10)33(2,30)31/h3-8H,1-2H3. The first-order chi connectivity index (χ1) is 15.0. The molecule has 14 heteroatoms. The minimum Gasteiger partial charge on any atom is -0.405 e. The average Bonchev–Trinajstić information content (AvgIpc) is 3.06. The van der Waals surface area contributed by atoms with Gasteiger partial charge in [0.2, 0.25) is 0 Å². The Bertz CT molecular complexity index is 1300. The van der Waals surface area contributed by atoms with Crippen molar-refractivity contribution in [1.82, 2.24) is 9.78 Å². The van der Waals surface area contributed by atoms with Crippen LogP contribution in [-0.4, -0.2) is 30.8 Å². The number of hydrogen-bond acceptors (Lipinski definition) is 4. The van der Waals surface area contributed by atoms with Crippen LogP contribution in [0.2, 0.25) is 0 Å². The Morgan fingerprint density at radius 2 is 1.52 bits per heavy atom. The Kier molecular flexibility index (Phi) is 5.94. The van der Waals surface area contributed by atoms with Crippen LogP contribution in [0.1, 0.15) is 11.3 Å². The molecule has 0 radical (unpaired) electrons. The number of benzene rings is 2. The Morgan fingerprint density at radius 3 is 2.00 bits per heavy atom. The number of hydrogen-bond donors (Lipinski definition) is 0. The van der Waals surface area contributed by atoms with Crippen molar-refractivity contribution in [2.24, 2.45) is 0 Å². The fourth-order valence-electron chi connectivity index (χ4n) is 2.94. The van der Waals surface area contributed by atoms with Gasteiger partial charge in [-0.15, -0.1) is 13.2 Å². The number of sulfone groups is 1. The van der Waals surface area contributed by atoms with Crippen molar-refractivity contribution in [3.8, 4) is 22.7 Å². The zero-order valence-electron chi connectivity index (χ0n) is 16.5. The van der Waals surface area contributed by atoms with Gasteiger partial charge in [-0.3, -0.25) is 0 Å². The summed E-state index contributed by atoms with van der Waals surface area (Å²) < 4.78 is 134. The van der Waals surface area contributed by atoms with E-state index in [0.717, 1.165) is 18.2 Å². The maximum atomic E-state index is 14.4. The molecule has 1 heterocycles. The highest BCUT2D eigenvalue weighted by molar-refractivity contribution is 7.90. The van der Waals surface area contributed by atoms with Crippen molar-refractivity contribution in [1.29, 1.82) is 0 Å². The van der Waals surface area contributed by atoms with Crippen molar-refractivity contribution in [3.63, 3.8) is 0 Å². The third-order valence-electron chi connectivity index (χ3n) is 4.31. The predicted octanol–water partition coefficient (Wildman–Crippen LogP) is 5.45. The second-order valence-corrected chi connectivity index (χ2v) is 8.82. The van der Waals surface area contributed by atoms with Crippen LogP contribution in [0.25, 0.3) is 16.9 Å². The van der Waals surface area contributed by atoms with Crippen molar-refractivity contribution in [2.75, 3.05) is 6.26 Å². The SMILES string of the molecule is Cc1ccc(-n2nc(C(F)(F)F)cc2-c2cc(F)c(S(C)(=O)=O)c(F)c2)cc1OC(F)(F)F. The minimum absolute atomic E-state index is 0.00424. The Morgan fingerprint density at radius 1 is 0.939 bits per heavy atom. The van der Waals surface area contributed by atoms with Gasteiger partial charge < -0.3 is 4.74 Å². The number of aromatic nitrogens is 2. The molecule has 0 amide bonds. The molecule has 0 fully saturated rings. The van der Waals surface area contributed by atoms with Gasteiger partial charge in [-0.2, -0.15) is 18.3 Å². The molecule has 0 aliphatic carbocycles. The van der Waals surface area contributed by atoms with Gasteiger partial charge in [0.05, 0.1) is 11.4 Å². The molecule has 33 heavy (non-hydrogen) atoms. The number of rotatable bonds is 4. The first-order valence-corrected chi connectivity index (χ1v) is 10.6. The number of aryl methyl sites for hydroxylation is 1. The quantitative estimate of drug-likeness (QED) is 0.448. The molecule has 0 aliphatic heterocycles. The predicted molar refractivity (Wildman–Crippen MR) is 98.4 cm³/mol. The van der Waals surface area contributed by atoms with E-state index in [0.29, 0.717) is 29.1 Å². The van der Waals surface area contributed by atoms with Crippen molar-refractivity contribution in [2.45, 2.75) is 24.4 Å². The van der Waals surface area contributed by atoms with Gasteiger partial charge in [-0.05, 0) is 36.8 Å². The lowest BCUT2D eigenvalue weighted by Crippen LogP contribution is -2.18. The van der Waals surface area contributed by atoms with Gasteiger partial charge in [0.1, 0.15) is 22.3 Å². The van der Waals surface area contributed by atoms with Crippen molar-refractivity contribution < 1.29 is 48.3 Å². The summed E-state index contributed by atoms with van der Waals surface area (Å²) in [4.78, 5) is -1.29. The highest BCUT2D eigenvalue weighted by Gasteiger charge is 2.36. The highest BCUT2D eigenvalue weighted by atomic mass is 32.2. The molecule has 3 aromatic rings. The van der Waals surface area contributed by atoms with E-state index in [2.05, 4.69) is 9.84 Å². The summed E-state index contributed by atoms with van der Waals surface area (Å²) in [7, 11) is -4.35. The van der Waals surface area contributed by atoms with Crippen LogP contribution in [0.3, 0.4) is 0 Å². The molecule has 0 N–H and O–H groups in total. The lowest BCUT2D eigenvalue weighted by molar-refractivity contribution is -0.274. The zero-order valence-corrected chi connectivity index (χ0v) is 17.3. The van der Waals surface area contributed by atoms with Crippen LogP contribution < -0.4 is 4.74 Å². The largest absolute Gasteiger partial charge is 0.573 e. The van der Waals surface area contributed by atoms with Gasteiger partial charge in [-0.1, -0.05) is 6.07 Å². The van der Waals surface area contributed by atoms with Crippen molar-refractivity contribution >= 4 is 9.84 Å². The Balaban J connectivity index is 2.26. The van der Waals surface area contributed by atoms with E-state index in [9.17, 15) is 43.5 Å². The van der Waals surface area contributed by atoms with E-state index < -0.39 is 61.6 Å². The lowest BCUT2D eigenvalue weighted by Gasteiger charge is -2.14. The number of alkyl halides is 6. The number of nitrogens with zero attached hydrogens (tertiary/aromatic N) is 2. The van der Waals surface area contributed by atoms with Gasteiger partial charge in [0.15, 0.2) is 15.5 Å². The molecule has 0 atom stereocenters. The normalized spacial score (nSPS) is 12.8.